The summed E-state index contributed by atoms with van der Waals surface area (Å²) in [6, 6.07) is 9.03. The summed E-state index contributed by atoms with van der Waals surface area (Å²) in [5.41, 5.74) is 3.19. The lowest BCUT2D eigenvalue weighted by Crippen LogP contribution is -3.00. The monoisotopic (exact) mass is 319 g/mol. The van der Waals surface area contributed by atoms with Gasteiger partial charge >= 0.3 is 0 Å². The number of benzene rings is 1. The van der Waals surface area contributed by atoms with Crippen molar-refractivity contribution >= 4 is 5.69 Å². The second-order valence-electron chi connectivity index (χ2n) is 8.11. The fourth-order valence-corrected chi connectivity index (χ4v) is 5.53. The van der Waals surface area contributed by atoms with Gasteiger partial charge in [0.2, 0.25) is 0 Å². The van der Waals surface area contributed by atoms with Crippen LogP contribution >= 0.6 is 0 Å². The zero-order valence-electron chi connectivity index (χ0n) is 13.8. The summed E-state index contributed by atoms with van der Waals surface area (Å²) in [4.78, 5) is 2.16. The molecule has 3 heteroatoms. The van der Waals surface area contributed by atoms with E-state index in [4.69, 9.17) is 0 Å². The molecule has 0 unspecified atom stereocenters. The minimum atomic E-state index is 0. The lowest BCUT2D eigenvalue weighted by molar-refractivity contribution is -0.0206. The highest BCUT2D eigenvalue weighted by atomic mass is 35.5. The molecule has 4 aliphatic rings. The molecule has 0 spiro atoms. The first kappa shape index (κ1) is 16.1. The van der Waals surface area contributed by atoms with E-state index < -0.39 is 0 Å². The van der Waals surface area contributed by atoms with Crippen molar-refractivity contribution in [3.05, 3.63) is 29.8 Å². The van der Waals surface area contributed by atoms with Gasteiger partial charge in [0.1, 0.15) is 0 Å². The maximum atomic E-state index is 3.98. The van der Waals surface area contributed by atoms with Crippen LogP contribution in [0.4, 0.5) is 5.69 Å². The third-order valence-corrected chi connectivity index (χ3v) is 6.16. The van der Waals surface area contributed by atoms with Crippen molar-refractivity contribution in [2.75, 3.05) is 19.0 Å². The fraction of sp³-hybridized carbons (Fsp3) is 0.684. The number of hydrogen-bond acceptors (Lipinski definition) is 2. The molecule has 1 aromatic rings. The molecular weight excluding hydrogens is 292 g/mol. The number of hydrogen-bond donors (Lipinski definition) is 1. The van der Waals surface area contributed by atoms with Crippen molar-refractivity contribution in [2.24, 2.45) is 17.8 Å². The van der Waals surface area contributed by atoms with Gasteiger partial charge in [-0.2, -0.15) is 0 Å². The van der Waals surface area contributed by atoms with Crippen LogP contribution in [-0.4, -0.2) is 19.6 Å². The first-order chi connectivity index (χ1) is 10.1. The number of anilines is 1. The molecule has 1 N–H and O–H groups in total. The topological polar surface area (TPSA) is 15.3 Å². The summed E-state index contributed by atoms with van der Waals surface area (Å²) in [6.45, 7) is 1.04. The van der Waals surface area contributed by atoms with E-state index in [2.05, 4.69) is 48.6 Å². The minimum Gasteiger partial charge on any atom is -1.00 e. The molecule has 22 heavy (non-hydrogen) atoms. The van der Waals surface area contributed by atoms with E-state index in [1.165, 1.54) is 49.8 Å². The van der Waals surface area contributed by atoms with E-state index in [-0.39, 0.29) is 12.4 Å². The first-order valence-electron chi connectivity index (χ1n) is 8.63. The molecule has 0 amide bonds. The normalized spacial score (nSPS) is 35.3. The van der Waals surface area contributed by atoms with Crippen LogP contribution in [0.3, 0.4) is 0 Å². The summed E-state index contributed by atoms with van der Waals surface area (Å²) >= 11 is 0. The summed E-state index contributed by atoms with van der Waals surface area (Å²) < 4.78 is 0. The highest BCUT2D eigenvalue weighted by Crippen LogP contribution is 2.55. The molecule has 1 aromatic carbocycles. The lowest BCUT2D eigenvalue weighted by Gasteiger charge is -2.57. The maximum Gasteiger partial charge on any atom is 0.0361 e. The highest BCUT2D eigenvalue weighted by molar-refractivity contribution is 5.46. The lowest BCUT2D eigenvalue weighted by atomic mass is 9.53. The zero-order valence-corrected chi connectivity index (χ0v) is 14.6. The van der Waals surface area contributed by atoms with Gasteiger partial charge in [0.25, 0.3) is 0 Å². The van der Waals surface area contributed by atoms with Crippen LogP contribution in [0.5, 0.6) is 0 Å². The molecule has 122 valence electrons. The predicted molar refractivity (Wildman–Crippen MR) is 88.5 cm³/mol. The van der Waals surface area contributed by atoms with Gasteiger partial charge in [-0.05, 0) is 74.0 Å². The van der Waals surface area contributed by atoms with E-state index in [0.717, 1.165) is 24.3 Å². The number of rotatable bonds is 4. The van der Waals surface area contributed by atoms with E-state index in [9.17, 15) is 0 Å². The Labute approximate surface area is 141 Å². The maximum absolute atomic E-state index is 3.98. The predicted octanol–water partition coefficient (Wildman–Crippen LogP) is 0.815. The van der Waals surface area contributed by atoms with Gasteiger partial charge in [0, 0.05) is 31.9 Å². The van der Waals surface area contributed by atoms with Crippen LogP contribution in [0.25, 0.3) is 0 Å². The van der Waals surface area contributed by atoms with Crippen LogP contribution in [-0.2, 0) is 6.54 Å². The van der Waals surface area contributed by atoms with Crippen molar-refractivity contribution in [2.45, 2.75) is 50.6 Å². The summed E-state index contributed by atoms with van der Waals surface area (Å²) in [7, 11) is 4.20. The Morgan fingerprint density at radius 2 is 1.45 bits per heavy atom. The Morgan fingerprint density at radius 1 is 0.955 bits per heavy atom. The van der Waals surface area contributed by atoms with Crippen LogP contribution in [0.2, 0.25) is 0 Å². The molecule has 2 nitrogen and oxygen atoms in total. The molecule has 4 saturated carbocycles. The van der Waals surface area contributed by atoms with Crippen LogP contribution in [0, 0.1) is 17.8 Å². The van der Waals surface area contributed by atoms with Crippen LogP contribution in [0.15, 0.2) is 24.3 Å². The van der Waals surface area contributed by atoms with Crippen molar-refractivity contribution < 1.29 is 12.4 Å². The van der Waals surface area contributed by atoms with Crippen LogP contribution < -0.4 is 22.6 Å². The van der Waals surface area contributed by atoms with Gasteiger partial charge in [-0.1, -0.05) is 12.1 Å². The molecule has 4 fully saturated rings. The highest BCUT2D eigenvalue weighted by Gasteiger charge is 2.50. The SMILES string of the molecule is CN(C)c1ccc(CNC23CC4CC(CC(C4)C2)C3)cc1.[Cl-]. The van der Waals surface area contributed by atoms with Gasteiger partial charge < -0.3 is 22.6 Å². The Kier molecular flexibility index (Phi) is 4.44. The smallest absolute Gasteiger partial charge is 0.0361 e. The first-order valence-corrected chi connectivity index (χ1v) is 8.63. The number of nitrogens with zero attached hydrogens (tertiary/aromatic N) is 1. The van der Waals surface area contributed by atoms with E-state index in [0.29, 0.717) is 5.54 Å². The van der Waals surface area contributed by atoms with E-state index in [1.54, 1.807) is 0 Å². The molecule has 0 saturated heterocycles. The van der Waals surface area contributed by atoms with Gasteiger partial charge in [0.05, 0.1) is 0 Å². The Bertz CT molecular complexity index is 473. The number of halogens is 1. The third-order valence-electron chi connectivity index (χ3n) is 6.16. The van der Waals surface area contributed by atoms with E-state index >= 15 is 0 Å². The van der Waals surface area contributed by atoms with E-state index in [1.807, 2.05) is 0 Å². The number of nitrogens with one attached hydrogen (secondary N) is 1. The summed E-state index contributed by atoms with van der Waals surface area (Å²) in [5.74, 6) is 3.08. The van der Waals surface area contributed by atoms with Gasteiger partial charge in [0.15, 0.2) is 0 Å². The zero-order chi connectivity index (χ0) is 14.4. The Balaban J connectivity index is 0.00000144. The van der Waals surface area contributed by atoms with Crippen LogP contribution in [0.1, 0.15) is 44.1 Å². The quantitative estimate of drug-likeness (QED) is 0.884. The molecular formula is C19H28ClN2-. The largest absolute Gasteiger partial charge is 1.00 e. The minimum absolute atomic E-state index is 0. The standard InChI is InChI=1S/C19H28N2.ClH/c1-21(2)18-5-3-14(4-6-18)13-20-19-10-15-7-16(11-19)9-17(8-15)12-19;/h3-6,15-17,20H,7-13H2,1-2H3;1H/p-1. The average molecular weight is 320 g/mol. The van der Waals surface area contributed by atoms with Crippen molar-refractivity contribution in [1.82, 2.24) is 5.32 Å². The molecule has 0 radical (unpaired) electrons. The van der Waals surface area contributed by atoms with Crippen molar-refractivity contribution in [3.63, 3.8) is 0 Å². The van der Waals surface area contributed by atoms with Gasteiger partial charge in [-0.15, -0.1) is 0 Å². The third kappa shape index (κ3) is 3.00. The Hall–Kier alpha value is -0.730. The molecule has 5 rings (SSSR count). The molecule has 0 heterocycles. The molecule has 0 aliphatic heterocycles. The molecule has 0 atom stereocenters. The Morgan fingerprint density at radius 3 is 1.91 bits per heavy atom. The van der Waals surface area contributed by atoms with Crippen molar-refractivity contribution in [1.29, 1.82) is 0 Å². The summed E-state index contributed by atoms with van der Waals surface area (Å²) in [6.07, 6.45) is 8.90. The fourth-order valence-electron chi connectivity index (χ4n) is 5.53. The molecule has 4 bridgehead atoms. The van der Waals surface area contributed by atoms with Crippen molar-refractivity contribution in [3.8, 4) is 0 Å². The summed E-state index contributed by atoms with van der Waals surface area (Å²) in [5, 5.41) is 3.98. The average Bonchev–Trinajstić information content (AvgIpc) is 2.44. The van der Waals surface area contributed by atoms with Gasteiger partial charge in [-0.25, -0.2) is 0 Å². The van der Waals surface area contributed by atoms with Gasteiger partial charge in [-0.3, -0.25) is 0 Å². The molecule has 0 aromatic heterocycles. The second kappa shape index (κ2) is 6.05. The second-order valence-corrected chi connectivity index (χ2v) is 8.11. The molecule has 4 aliphatic carbocycles.